The summed E-state index contributed by atoms with van der Waals surface area (Å²) in [4.78, 5) is 22.7. The van der Waals surface area contributed by atoms with Crippen LogP contribution in [0.2, 0.25) is 0 Å². The Bertz CT molecular complexity index is 656. The number of aromatic nitrogens is 3. The minimum Gasteiger partial charge on any atom is -0.336 e. The highest BCUT2D eigenvalue weighted by Crippen LogP contribution is 2.22. The first kappa shape index (κ1) is 14.8. The van der Waals surface area contributed by atoms with E-state index >= 15 is 0 Å². The quantitative estimate of drug-likeness (QED) is 0.873. The first-order valence-electron chi connectivity index (χ1n) is 7.81. The van der Waals surface area contributed by atoms with Gasteiger partial charge in [-0.15, -0.1) is 0 Å². The molecule has 3 heterocycles. The van der Waals surface area contributed by atoms with Crippen LogP contribution in [0.4, 0.5) is 0 Å². The third-order valence-electron chi connectivity index (χ3n) is 4.40. The molecule has 1 aliphatic heterocycles. The monoisotopic (exact) mass is 298 g/mol. The highest BCUT2D eigenvalue weighted by atomic mass is 16.2. The molecular weight excluding hydrogens is 276 g/mol. The van der Waals surface area contributed by atoms with Gasteiger partial charge in [0.15, 0.2) is 5.82 Å². The summed E-state index contributed by atoms with van der Waals surface area (Å²) in [5.74, 6) is 1.22. The fraction of sp³-hybridized carbons (Fsp3) is 0.471. The Morgan fingerprint density at radius 3 is 2.68 bits per heavy atom. The van der Waals surface area contributed by atoms with Crippen molar-refractivity contribution >= 4 is 5.91 Å². The van der Waals surface area contributed by atoms with Gasteiger partial charge >= 0.3 is 0 Å². The summed E-state index contributed by atoms with van der Waals surface area (Å²) in [5.41, 5.74) is 2.42. The first-order chi connectivity index (χ1) is 10.6. The van der Waals surface area contributed by atoms with Crippen LogP contribution in [0.5, 0.6) is 0 Å². The molecule has 5 nitrogen and oxygen atoms in total. The summed E-state index contributed by atoms with van der Waals surface area (Å²) in [6, 6.07) is 4.25. The van der Waals surface area contributed by atoms with Crippen LogP contribution in [0.25, 0.3) is 0 Å². The second-order valence-electron chi connectivity index (χ2n) is 6.11. The van der Waals surface area contributed by atoms with Crippen molar-refractivity contribution in [2.75, 3.05) is 13.1 Å². The number of carbonyl (C=O) groups excluding carboxylic acids is 1. The smallest absolute Gasteiger partial charge is 0.289 e. The molecule has 1 fully saturated rings. The topological polar surface area (TPSA) is 51.0 Å². The lowest BCUT2D eigenvalue weighted by Gasteiger charge is -2.31. The Kier molecular flexibility index (Phi) is 4.22. The van der Waals surface area contributed by atoms with E-state index in [4.69, 9.17) is 0 Å². The summed E-state index contributed by atoms with van der Waals surface area (Å²) < 4.78 is 1.79. The maximum absolute atomic E-state index is 12.4. The van der Waals surface area contributed by atoms with Crippen LogP contribution in [0.1, 0.15) is 34.7 Å². The van der Waals surface area contributed by atoms with E-state index in [-0.39, 0.29) is 5.91 Å². The van der Waals surface area contributed by atoms with E-state index in [0.29, 0.717) is 11.7 Å². The molecule has 1 saturated heterocycles. The van der Waals surface area contributed by atoms with Crippen LogP contribution in [-0.2, 0) is 13.5 Å². The number of imidazole rings is 1. The highest BCUT2D eigenvalue weighted by molar-refractivity contribution is 5.90. The first-order valence-corrected chi connectivity index (χ1v) is 7.81. The molecule has 0 atom stereocenters. The number of pyridine rings is 1. The average Bonchev–Trinajstić information content (AvgIpc) is 2.93. The molecule has 116 valence electrons. The molecule has 22 heavy (non-hydrogen) atoms. The van der Waals surface area contributed by atoms with Gasteiger partial charge in [0.2, 0.25) is 0 Å². The molecule has 0 aromatic carbocycles. The number of piperidine rings is 1. The third-order valence-corrected chi connectivity index (χ3v) is 4.40. The lowest BCUT2D eigenvalue weighted by molar-refractivity contribution is 0.0674. The molecule has 1 aliphatic rings. The van der Waals surface area contributed by atoms with Gasteiger partial charge in [0.25, 0.3) is 5.91 Å². The number of rotatable bonds is 3. The van der Waals surface area contributed by atoms with Crippen LogP contribution < -0.4 is 0 Å². The van der Waals surface area contributed by atoms with Crippen LogP contribution >= 0.6 is 0 Å². The Hall–Kier alpha value is -2.17. The predicted molar refractivity (Wildman–Crippen MR) is 84.5 cm³/mol. The van der Waals surface area contributed by atoms with Gasteiger partial charge in [-0.25, -0.2) is 4.98 Å². The maximum Gasteiger partial charge on any atom is 0.289 e. The maximum atomic E-state index is 12.4. The number of nitrogens with zero attached hydrogens (tertiary/aromatic N) is 4. The summed E-state index contributed by atoms with van der Waals surface area (Å²) in [7, 11) is 1.86. The molecular formula is C17H22N4O. The van der Waals surface area contributed by atoms with Crippen LogP contribution in [0, 0.1) is 12.8 Å². The van der Waals surface area contributed by atoms with E-state index in [0.717, 1.165) is 38.0 Å². The molecule has 0 saturated carbocycles. The number of aryl methyl sites for hydroxylation is 2. The number of amides is 1. The van der Waals surface area contributed by atoms with Gasteiger partial charge in [0, 0.05) is 44.4 Å². The van der Waals surface area contributed by atoms with Crippen molar-refractivity contribution < 1.29 is 4.79 Å². The Labute approximate surface area is 131 Å². The van der Waals surface area contributed by atoms with Crippen molar-refractivity contribution in [2.45, 2.75) is 26.2 Å². The van der Waals surface area contributed by atoms with Gasteiger partial charge in [0.05, 0.1) is 0 Å². The van der Waals surface area contributed by atoms with Crippen molar-refractivity contribution in [1.29, 1.82) is 0 Å². The number of hydrogen-bond donors (Lipinski definition) is 0. The summed E-state index contributed by atoms with van der Waals surface area (Å²) in [6.45, 7) is 3.67. The molecule has 5 heteroatoms. The fourth-order valence-electron chi connectivity index (χ4n) is 3.12. The Morgan fingerprint density at radius 2 is 2.05 bits per heavy atom. The minimum absolute atomic E-state index is 0.0469. The highest BCUT2D eigenvalue weighted by Gasteiger charge is 2.25. The molecule has 0 radical (unpaired) electrons. The molecule has 0 unspecified atom stereocenters. The fourth-order valence-corrected chi connectivity index (χ4v) is 3.12. The third kappa shape index (κ3) is 3.18. The van der Waals surface area contributed by atoms with E-state index in [9.17, 15) is 4.79 Å². The second-order valence-corrected chi connectivity index (χ2v) is 6.11. The van der Waals surface area contributed by atoms with E-state index in [1.807, 2.05) is 31.3 Å². The van der Waals surface area contributed by atoms with Crippen molar-refractivity contribution in [3.05, 3.63) is 47.8 Å². The zero-order valence-corrected chi connectivity index (χ0v) is 13.2. The Morgan fingerprint density at radius 1 is 1.27 bits per heavy atom. The van der Waals surface area contributed by atoms with Gasteiger partial charge in [-0.3, -0.25) is 9.78 Å². The molecule has 2 aromatic rings. The van der Waals surface area contributed by atoms with E-state index in [2.05, 4.69) is 22.1 Å². The SMILES string of the molecule is Cc1cc(CC2CCN(C(=O)c3nccn3C)CC2)ccn1. The van der Waals surface area contributed by atoms with E-state index in [1.165, 1.54) is 5.56 Å². The van der Waals surface area contributed by atoms with Crippen molar-refractivity contribution in [3.63, 3.8) is 0 Å². The van der Waals surface area contributed by atoms with Crippen molar-refractivity contribution in [3.8, 4) is 0 Å². The van der Waals surface area contributed by atoms with Crippen molar-refractivity contribution in [2.24, 2.45) is 13.0 Å². The van der Waals surface area contributed by atoms with Gasteiger partial charge in [-0.2, -0.15) is 0 Å². The number of hydrogen-bond acceptors (Lipinski definition) is 3. The van der Waals surface area contributed by atoms with Gasteiger partial charge in [0.1, 0.15) is 0 Å². The Balaban J connectivity index is 1.56. The van der Waals surface area contributed by atoms with Gasteiger partial charge < -0.3 is 9.47 Å². The van der Waals surface area contributed by atoms with Gasteiger partial charge in [-0.1, -0.05) is 0 Å². The van der Waals surface area contributed by atoms with Crippen LogP contribution in [-0.4, -0.2) is 38.4 Å². The van der Waals surface area contributed by atoms with Crippen LogP contribution in [0.15, 0.2) is 30.7 Å². The predicted octanol–water partition coefficient (Wildman–Crippen LogP) is 2.22. The average molecular weight is 298 g/mol. The van der Waals surface area contributed by atoms with E-state index < -0.39 is 0 Å². The summed E-state index contributed by atoms with van der Waals surface area (Å²) in [5, 5.41) is 0. The number of carbonyl (C=O) groups is 1. The van der Waals surface area contributed by atoms with E-state index in [1.54, 1.807) is 10.8 Å². The molecule has 0 aliphatic carbocycles. The second kappa shape index (κ2) is 6.30. The summed E-state index contributed by atoms with van der Waals surface area (Å²) >= 11 is 0. The molecule has 3 rings (SSSR count). The lowest BCUT2D eigenvalue weighted by atomic mass is 9.90. The van der Waals surface area contributed by atoms with Crippen LogP contribution in [0.3, 0.4) is 0 Å². The zero-order valence-electron chi connectivity index (χ0n) is 13.2. The number of likely N-dealkylation sites (tertiary alicyclic amines) is 1. The zero-order chi connectivity index (χ0) is 15.5. The standard InChI is InChI=1S/C17H22N4O/c1-13-11-15(3-6-18-13)12-14-4-8-21(9-5-14)17(22)16-19-7-10-20(16)2/h3,6-7,10-11,14H,4-5,8-9,12H2,1-2H3. The van der Waals surface area contributed by atoms with Crippen molar-refractivity contribution in [1.82, 2.24) is 19.4 Å². The summed E-state index contributed by atoms with van der Waals surface area (Å²) in [6.07, 6.45) is 8.55. The normalized spacial score (nSPS) is 16.0. The lowest BCUT2D eigenvalue weighted by Crippen LogP contribution is -2.39. The molecule has 2 aromatic heterocycles. The largest absolute Gasteiger partial charge is 0.336 e. The minimum atomic E-state index is 0.0469. The molecule has 0 N–H and O–H groups in total. The molecule has 0 spiro atoms. The molecule has 1 amide bonds. The molecule has 0 bridgehead atoms. The van der Waals surface area contributed by atoms with Gasteiger partial charge in [-0.05, 0) is 49.8 Å².